The molecule has 0 atom stereocenters. The van der Waals surface area contributed by atoms with Gasteiger partial charge in [-0.05, 0) is 111 Å². The highest BCUT2D eigenvalue weighted by Gasteiger charge is 2.25. The zero-order valence-corrected chi connectivity index (χ0v) is 34.6. The van der Waals surface area contributed by atoms with Crippen LogP contribution in [-0.2, 0) is 0 Å². The van der Waals surface area contributed by atoms with Gasteiger partial charge in [-0.3, -0.25) is 0 Å². The molecule has 0 saturated carbocycles. The number of furan rings is 1. The highest BCUT2D eigenvalue weighted by molar-refractivity contribution is 6.26. The minimum absolute atomic E-state index is 0.873. The summed E-state index contributed by atoms with van der Waals surface area (Å²) in [5.74, 6) is 0. The average molecular weight is 816 g/mol. The monoisotopic (exact) mass is 815 g/mol. The second kappa shape index (κ2) is 13.4. The van der Waals surface area contributed by atoms with Crippen molar-refractivity contribution in [3.63, 3.8) is 0 Å². The number of hydrogen-bond donors (Lipinski definition) is 0. The molecule has 0 unspecified atom stereocenters. The van der Waals surface area contributed by atoms with Crippen LogP contribution >= 0.6 is 0 Å². The lowest BCUT2D eigenvalue weighted by Crippen LogP contribution is -2.10. The third-order valence-electron chi connectivity index (χ3n) is 13.4. The highest BCUT2D eigenvalue weighted by atomic mass is 16.3. The summed E-state index contributed by atoms with van der Waals surface area (Å²) in [5.41, 5.74) is 11.9. The van der Waals surface area contributed by atoms with E-state index in [1.165, 1.54) is 64.9 Å². The Morgan fingerprint density at radius 2 is 0.828 bits per heavy atom. The molecule has 3 heterocycles. The van der Waals surface area contributed by atoms with Gasteiger partial charge in [0.05, 0.1) is 33.4 Å². The van der Waals surface area contributed by atoms with E-state index >= 15 is 0 Å². The van der Waals surface area contributed by atoms with Crippen LogP contribution in [0.4, 0.5) is 17.1 Å². The molecule has 0 fully saturated rings. The summed E-state index contributed by atoms with van der Waals surface area (Å²) in [6.07, 6.45) is 0. The molecule has 0 radical (unpaired) electrons. The third-order valence-corrected chi connectivity index (χ3v) is 13.4. The molecule has 0 amide bonds. The molecule has 14 rings (SSSR count). The maximum atomic E-state index is 6.40. The average Bonchev–Trinajstić information content (AvgIpc) is 4.02. The first-order valence-corrected chi connectivity index (χ1v) is 21.9. The van der Waals surface area contributed by atoms with Crippen LogP contribution in [0.25, 0.3) is 109 Å². The molecule has 0 spiro atoms. The number of anilines is 3. The normalized spacial score (nSPS) is 12.1. The maximum absolute atomic E-state index is 6.40. The number of para-hydroxylation sites is 5. The van der Waals surface area contributed by atoms with E-state index in [2.05, 4.69) is 232 Å². The van der Waals surface area contributed by atoms with Crippen molar-refractivity contribution in [2.45, 2.75) is 0 Å². The van der Waals surface area contributed by atoms with Crippen molar-refractivity contribution in [3.8, 4) is 11.4 Å². The van der Waals surface area contributed by atoms with Crippen LogP contribution in [0, 0.1) is 0 Å². The van der Waals surface area contributed by atoms with Gasteiger partial charge < -0.3 is 18.5 Å². The molecule has 0 aliphatic rings. The molecule has 14 aromatic rings. The van der Waals surface area contributed by atoms with Crippen LogP contribution in [0.15, 0.2) is 229 Å². The van der Waals surface area contributed by atoms with E-state index in [0.717, 1.165) is 61.4 Å². The van der Waals surface area contributed by atoms with E-state index in [1.807, 2.05) is 6.07 Å². The lowest BCUT2D eigenvalue weighted by Gasteiger charge is -2.27. The number of fused-ring (bicyclic) bond motifs is 15. The van der Waals surface area contributed by atoms with Crippen molar-refractivity contribution in [3.05, 3.63) is 224 Å². The lowest BCUT2D eigenvalue weighted by molar-refractivity contribution is 0.669. The zero-order chi connectivity index (χ0) is 41.9. The van der Waals surface area contributed by atoms with Gasteiger partial charge >= 0.3 is 0 Å². The first-order valence-electron chi connectivity index (χ1n) is 21.9. The van der Waals surface area contributed by atoms with Crippen molar-refractivity contribution >= 4 is 115 Å². The Balaban J connectivity index is 1.09. The quantitative estimate of drug-likeness (QED) is 0.162. The topological polar surface area (TPSA) is 26.2 Å². The molecule has 298 valence electrons. The van der Waals surface area contributed by atoms with E-state index < -0.39 is 0 Å². The predicted octanol–water partition coefficient (Wildman–Crippen LogP) is 16.7. The molecule has 0 aliphatic carbocycles. The minimum atomic E-state index is 0.873. The zero-order valence-electron chi connectivity index (χ0n) is 34.6. The fourth-order valence-electron chi connectivity index (χ4n) is 10.8. The molecule has 11 aromatic carbocycles. The smallest absolute Gasteiger partial charge is 0.135 e. The standard InChI is InChI=1S/C60H37N3O/c1-2-16-38(17-3-1)62-52-26-11-8-22-46(52)48-25-14-30-56(60(48)62)63-53-27-12-9-24-49(53)59-54(28-15-29-55(59)63)61(40-33-35-58-51(37-40)47-23-10-13-31-57(47)64-58)39-32-34-45-43-20-5-4-18-41(43)42-19-6-7-21-44(42)50(45)36-39/h1-37H. The Kier molecular flexibility index (Phi) is 7.36. The number of benzene rings is 11. The molecular weight excluding hydrogens is 779 g/mol. The van der Waals surface area contributed by atoms with E-state index in [9.17, 15) is 0 Å². The highest BCUT2D eigenvalue weighted by Crippen LogP contribution is 2.48. The van der Waals surface area contributed by atoms with Crippen molar-refractivity contribution in [1.29, 1.82) is 0 Å². The van der Waals surface area contributed by atoms with E-state index in [-0.39, 0.29) is 0 Å². The van der Waals surface area contributed by atoms with Gasteiger partial charge in [0.1, 0.15) is 11.2 Å². The van der Waals surface area contributed by atoms with Crippen molar-refractivity contribution in [2.24, 2.45) is 0 Å². The number of nitrogens with zero attached hydrogens (tertiary/aromatic N) is 3. The Morgan fingerprint density at radius 1 is 0.312 bits per heavy atom. The molecule has 4 nitrogen and oxygen atoms in total. The molecule has 0 N–H and O–H groups in total. The van der Waals surface area contributed by atoms with Gasteiger partial charge in [-0.25, -0.2) is 0 Å². The molecule has 0 bridgehead atoms. The second-order valence-corrected chi connectivity index (χ2v) is 16.8. The fourth-order valence-corrected chi connectivity index (χ4v) is 10.8. The second-order valence-electron chi connectivity index (χ2n) is 16.8. The summed E-state index contributed by atoms with van der Waals surface area (Å²) in [7, 11) is 0. The van der Waals surface area contributed by atoms with Gasteiger partial charge in [0.25, 0.3) is 0 Å². The largest absolute Gasteiger partial charge is 0.456 e. The van der Waals surface area contributed by atoms with Gasteiger partial charge in [-0.1, -0.05) is 146 Å². The number of aromatic nitrogens is 2. The first-order chi connectivity index (χ1) is 31.8. The summed E-state index contributed by atoms with van der Waals surface area (Å²) in [6.45, 7) is 0. The Bertz CT molecular complexity index is 4170. The summed E-state index contributed by atoms with van der Waals surface area (Å²) in [4.78, 5) is 2.46. The van der Waals surface area contributed by atoms with Crippen LogP contribution < -0.4 is 4.90 Å². The van der Waals surface area contributed by atoms with Gasteiger partial charge in [-0.2, -0.15) is 0 Å². The van der Waals surface area contributed by atoms with Crippen LogP contribution in [-0.4, -0.2) is 9.13 Å². The molecular formula is C60H37N3O. The molecule has 64 heavy (non-hydrogen) atoms. The number of rotatable bonds is 5. The van der Waals surface area contributed by atoms with Gasteiger partial charge in [0.2, 0.25) is 0 Å². The third kappa shape index (κ3) is 4.93. The Hall–Kier alpha value is -8.60. The van der Waals surface area contributed by atoms with Crippen molar-refractivity contribution in [2.75, 3.05) is 4.90 Å². The van der Waals surface area contributed by atoms with Gasteiger partial charge in [0, 0.05) is 49.4 Å². The lowest BCUT2D eigenvalue weighted by atomic mass is 9.94. The molecule has 3 aromatic heterocycles. The van der Waals surface area contributed by atoms with Crippen LogP contribution in [0.5, 0.6) is 0 Å². The minimum Gasteiger partial charge on any atom is -0.456 e. The van der Waals surface area contributed by atoms with E-state index in [1.54, 1.807) is 0 Å². The summed E-state index contributed by atoms with van der Waals surface area (Å²) in [6, 6.07) is 81.7. The Labute approximate surface area is 367 Å². The first kappa shape index (κ1) is 35.0. The predicted molar refractivity (Wildman–Crippen MR) is 270 cm³/mol. The molecule has 0 aliphatic heterocycles. The van der Waals surface area contributed by atoms with Gasteiger partial charge in [-0.15, -0.1) is 0 Å². The van der Waals surface area contributed by atoms with Crippen molar-refractivity contribution < 1.29 is 4.42 Å². The molecule has 4 heteroatoms. The van der Waals surface area contributed by atoms with E-state index in [4.69, 9.17) is 4.42 Å². The van der Waals surface area contributed by atoms with Crippen LogP contribution in [0.3, 0.4) is 0 Å². The number of hydrogen-bond acceptors (Lipinski definition) is 2. The SMILES string of the molecule is c1ccc(-n2c3ccccc3c3cccc(-n4c5ccccc5c5c(N(c6ccc7oc8ccccc8c7c6)c6ccc7c8ccccc8c8ccccc8c7c6)cccc54)c32)cc1. The summed E-state index contributed by atoms with van der Waals surface area (Å²) >= 11 is 0. The summed E-state index contributed by atoms with van der Waals surface area (Å²) in [5, 5.41) is 14.5. The molecule has 0 saturated heterocycles. The van der Waals surface area contributed by atoms with Crippen LogP contribution in [0.1, 0.15) is 0 Å². The van der Waals surface area contributed by atoms with Crippen molar-refractivity contribution in [1.82, 2.24) is 9.13 Å². The summed E-state index contributed by atoms with van der Waals surface area (Å²) < 4.78 is 11.3. The van der Waals surface area contributed by atoms with Gasteiger partial charge in [0.15, 0.2) is 0 Å². The Morgan fingerprint density at radius 3 is 1.58 bits per heavy atom. The van der Waals surface area contributed by atoms with Crippen LogP contribution in [0.2, 0.25) is 0 Å². The fraction of sp³-hybridized carbons (Fsp3) is 0. The maximum Gasteiger partial charge on any atom is 0.135 e. The van der Waals surface area contributed by atoms with E-state index in [0.29, 0.717) is 0 Å².